The van der Waals surface area contributed by atoms with Crippen LogP contribution in [0.15, 0.2) is 12.2 Å². The summed E-state index contributed by atoms with van der Waals surface area (Å²) < 4.78 is 43.7. The number of ether oxygens (including phenoxy) is 1. The highest BCUT2D eigenvalue weighted by Gasteiger charge is 2.62. The lowest BCUT2D eigenvalue weighted by Gasteiger charge is -2.30. The molecule has 1 saturated heterocycles. The van der Waals surface area contributed by atoms with E-state index >= 15 is 0 Å². The Morgan fingerprint density at radius 1 is 1.29 bits per heavy atom. The van der Waals surface area contributed by atoms with Gasteiger partial charge in [-0.25, -0.2) is 4.79 Å². The van der Waals surface area contributed by atoms with Crippen LogP contribution in [0, 0.1) is 5.92 Å². The van der Waals surface area contributed by atoms with Gasteiger partial charge in [-0.05, 0) is 32.6 Å². The normalized spacial score (nSPS) is 32.5. The predicted molar refractivity (Wildman–Crippen MR) is 118 cm³/mol. The lowest BCUT2D eigenvalue weighted by molar-refractivity contribution is -0.175. The summed E-state index contributed by atoms with van der Waals surface area (Å²) in [5.41, 5.74) is -1.28. The van der Waals surface area contributed by atoms with E-state index in [1.807, 2.05) is 12.2 Å². The summed E-state index contributed by atoms with van der Waals surface area (Å²) in [6, 6.07) is -2.70. The second-order valence-electron chi connectivity index (χ2n) is 8.98. The monoisotopic (exact) mass is 500 g/mol. The first-order valence-corrected chi connectivity index (χ1v) is 11.5. The van der Waals surface area contributed by atoms with Crippen LogP contribution in [0.25, 0.3) is 0 Å². The van der Waals surface area contributed by atoms with Crippen LogP contribution in [0.5, 0.6) is 0 Å². The molecule has 3 N–H and O–H groups in total. The number of aliphatic hydroxyl groups excluding tert-OH is 1. The second-order valence-corrected chi connectivity index (χ2v) is 8.98. The van der Waals surface area contributed by atoms with E-state index in [0.717, 1.165) is 4.90 Å². The lowest BCUT2D eigenvalue weighted by atomic mass is 10.0. The van der Waals surface area contributed by atoms with Gasteiger partial charge in [0, 0.05) is 27.3 Å². The van der Waals surface area contributed by atoms with Gasteiger partial charge < -0.3 is 25.4 Å². The lowest BCUT2D eigenvalue weighted by Crippen LogP contribution is -2.57. The number of nitrogens with one attached hydrogen (secondary N) is 2. The molecular weight excluding hydrogens is 470 g/mol. The van der Waals surface area contributed by atoms with E-state index in [2.05, 4.69) is 5.32 Å². The summed E-state index contributed by atoms with van der Waals surface area (Å²) in [4.78, 5) is 51.5. The Balaban J connectivity index is 0.00000432. The number of allylic oxidation sites excluding steroid dienone is 1. The number of halogens is 3. The Hall–Kier alpha value is -2.57. The minimum absolute atomic E-state index is 0. The molecule has 5 atom stereocenters. The Morgan fingerprint density at radius 2 is 2.00 bits per heavy atom. The first kappa shape index (κ1) is 28.7. The Labute approximate surface area is 203 Å². The van der Waals surface area contributed by atoms with Crippen molar-refractivity contribution in [2.75, 3.05) is 13.2 Å². The van der Waals surface area contributed by atoms with Crippen molar-refractivity contribution in [1.29, 1.82) is 0 Å². The number of fused-ring (bicyclic) bond motifs is 2. The highest BCUT2D eigenvalue weighted by Crippen LogP contribution is 2.46. The first-order chi connectivity index (χ1) is 16.0. The molecule has 0 aromatic carbocycles. The fourth-order valence-corrected chi connectivity index (χ4v) is 4.56. The Morgan fingerprint density at radius 3 is 2.66 bits per heavy atom. The van der Waals surface area contributed by atoms with Crippen LogP contribution in [0.2, 0.25) is 0 Å². The van der Waals surface area contributed by atoms with Gasteiger partial charge in [0.25, 0.3) is 0 Å². The maximum Gasteiger partial charge on any atom is 0.471 e. The zero-order valence-corrected chi connectivity index (χ0v) is 19.5. The summed E-state index contributed by atoms with van der Waals surface area (Å²) in [5.74, 6) is -4.71. The quantitative estimate of drug-likeness (QED) is 0.296. The molecule has 0 bridgehead atoms. The fraction of sp³-hybridized carbons (Fsp3) is 0.727. The number of aliphatic hydroxyl groups is 1. The topological polar surface area (TPSA) is 125 Å². The number of hydrogen-bond donors (Lipinski definition) is 3. The highest BCUT2D eigenvalue weighted by molar-refractivity contribution is 5.97. The van der Waals surface area contributed by atoms with Crippen LogP contribution in [-0.2, 0) is 23.9 Å². The SMILES string of the molecule is CCOC(=O)[C@@]12C[C@H]1/C=C\CCCCC[C@H](NC(=O)C(F)(F)F)C(=O)N1C[C@H](O)C[C@H]1C(=O)N2.[B]. The standard InChI is InChI=1S/C22H30F3N3O6.B/c1-2-34-20(33)21-11-13(21)8-6-4-3-5-7-9-15(26-19(32)22(23,24)25)18(31)28-12-14(29)10-16(28)17(30)27-21;/h6,8,13-16,29H,2-5,7,9-12H2,1H3,(H,26,32)(H,27,30);/b8-6-;/t13-,14-,15+,16+,21-;/m1./s1. The van der Waals surface area contributed by atoms with Crippen LogP contribution >= 0.6 is 0 Å². The van der Waals surface area contributed by atoms with E-state index in [4.69, 9.17) is 4.74 Å². The van der Waals surface area contributed by atoms with E-state index in [9.17, 15) is 37.5 Å². The van der Waals surface area contributed by atoms with Crippen LogP contribution in [0.1, 0.15) is 51.9 Å². The smallest absolute Gasteiger partial charge is 0.464 e. The molecule has 2 aliphatic heterocycles. The Bertz CT molecular complexity index is 855. The van der Waals surface area contributed by atoms with Crippen LogP contribution in [0.3, 0.4) is 0 Å². The average molecular weight is 500 g/mol. The number of hydrogen-bond acceptors (Lipinski definition) is 6. The van der Waals surface area contributed by atoms with Gasteiger partial charge in [0.2, 0.25) is 11.8 Å². The van der Waals surface area contributed by atoms with Crippen molar-refractivity contribution in [2.24, 2.45) is 5.92 Å². The van der Waals surface area contributed by atoms with Crippen molar-refractivity contribution in [1.82, 2.24) is 15.5 Å². The number of nitrogens with zero attached hydrogens (tertiary/aromatic N) is 1. The molecule has 2 fully saturated rings. The largest absolute Gasteiger partial charge is 0.471 e. The maximum atomic E-state index is 13.2. The van der Waals surface area contributed by atoms with Gasteiger partial charge in [-0.3, -0.25) is 14.4 Å². The number of alkyl halides is 3. The van der Waals surface area contributed by atoms with Crippen LogP contribution in [0.4, 0.5) is 13.2 Å². The zero-order valence-electron chi connectivity index (χ0n) is 19.5. The molecule has 3 amide bonds. The van der Waals surface area contributed by atoms with Gasteiger partial charge in [0.1, 0.15) is 17.6 Å². The van der Waals surface area contributed by atoms with Crippen molar-refractivity contribution in [2.45, 2.75) is 81.8 Å². The van der Waals surface area contributed by atoms with Gasteiger partial charge in [-0.2, -0.15) is 13.2 Å². The fourth-order valence-electron chi connectivity index (χ4n) is 4.56. The molecule has 3 radical (unpaired) electrons. The molecule has 0 unspecified atom stereocenters. The first-order valence-electron chi connectivity index (χ1n) is 11.5. The van der Waals surface area contributed by atoms with E-state index in [1.165, 1.54) is 0 Å². The molecule has 9 nitrogen and oxygen atoms in total. The van der Waals surface area contributed by atoms with Gasteiger partial charge in [-0.1, -0.05) is 25.0 Å². The van der Waals surface area contributed by atoms with Crippen molar-refractivity contribution in [3.63, 3.8) is 0 Å². The Kier molecular flexibility index (Phi) is 9.38. The summed E-state index contributed by atoms with van der Waals surface area (Å²) in [6.45, 7) is 1.48. The number of carbonyl (C=O) groups is 4. The average Bonchev–Trinajstić information content (AvgIpc) is 3.31. The summed E-state index contributed by atoms with van der Waals surface area (Å²) in [7, 11) is 0. The van der Waals surface area contributed by atoms with Crippen molar-refractivity contribution >= 4 is 32.1 Å². The van der Waals surface area contributed by atoms with Gasteiger partial charge in [0.05, 0.1) is 12.7 Å². The van der Waals surface area contributed by atoms with Crippen molar-refractivity contribution in [3.05, 3.63) is 12.2 Å². The van der Waals surface area contributed by atoms with Gasteiger partial charge in [-0.15, -0.1) is 0 Å². The van der Waals surface area contributed by atoms with Crippen LogP contribution in [-0.4, -0.2) is 85.2 Å². The molecule has 1 saturated carbocycles. The van der Waals surface area contributed by atoms with Crippen LogP contribution < -0.4 is 10.6 Å². The molecule has 3 aliphatic rings. The molecule has 0 aromatic rings. The number of amides is 3. The predicted octanol–water partition coefficient (Wildman–Crippen LogP) is 0.573. The molecule has 0 aromatic heterocycles. The maximum absolute atomic E-state index is 13.2. The van der Waals surface area contributed by atoms with E-state index in [1.54, 1.807) is 12.2 Å². The third-order valence-corrected chi connectivity index (χ3v) is 6.46. The molecule has 0 spiro atoms. The van der Waals surface area contributed by atoms with Gasteiger partial charge in [0.15, 0.2) is 0 Å². The number of carbonyl (C=O) groups excluding carboxylic acids is 4. The molecule has 3 rings (SSSR count). The molecule has 13 heteroatoms. The van der Waals surface area contributed by atoms with Gasteiger partial charge >= 0.3 is 18.1 Å². The van der Waals surface area contributed by atoms with E-state index in [0.29, 0.717) is 32.1 Å². The van der Waals surface area contributed by atoms with E-state index in [-0.39, 0.29) is 40.3 Å². The third-order valence-electron chi connectivity index (χ3n) is 6.46. The summed E-state index contributed by atoms with van der Waals surface area (Å²) in [6.07, 6.45) is -0.0500. The van der Waals surface area contributed by atoms with Crippen molar-refractivity contribution in [3.8, 4) is 0 Å². The zero-order chi connectivity index (χ0) is 25.1. The summed E-state index contributed by atoms with van der Waals surface area (Å²) in [5, 5.41) is 14.6. The number of esters is 1. The summed E-state index contributed by atoms with van der Waals surface area (Å²) >= 11 is 0. The third kappa shape index (κ3) is 6.56. The van der Waals surface area contributed by atoms with E-state index < -0.39 is 53.6 Å². The second kappa shape index (κ2) is 11.4. The highest BCUT2D eigenvalue weighted by atomic mass is 19.4. The molecule has 35 heavy (non-hydrogen) atoms. The minimum Gasteiger partial charge on any atom is -0.464 e. The minimum atomic E-state index is -5.17. The molecule has 2 heterocycles. The van der Waals surface area contributed by atoms with Crippen molar-refractivity contribution < 1.29 is 42.2 Å². The number of rotatable bonds is 3. The molecule has 193 valence electrons. The molecular formula is C22H30BF3N3O6. The molecule has 1 aliphatic carbocycles.